The second-order valence-electron chi connectivity index (χ2n) is 7.55. The summed E-state index contributed by atoms with van der Waals surface area (Å²) in [6, 6.07) is 28.9. The van der Waals surface area contributed by atoms with Crippen LogP contribution in [0.25, 0.3) is 0 Å². The van der Waals surface area contributed by atoms with Gasteiger partial charge in [0.1, 0.15) is 6.61 Å². The van der Waals surface area contributed by atoms with Crippen molar-refractivity contribution in [1.29, 1.82) is 0 Å². The maximum atomic E-state index is 13.1. The van der Waals surface area contributed by atoms with E-state index in [1.54, 1.807) is 0 Å². The normalized spacial score (nSPS) is 10.7. The van der Waals surface area contributed by atoms with Crippen molar-refractivity contribution < 1.29 is 14.3 Å². The zero-order valence-corrected chi connectivity index (χ0v) is 18.2. The number of esters is 1. The average Bonchev–Trinajstić information content (AvgIpc) is 2.78. The fourth-order valence-electron chi connectivity index (χ4n) is 3.45. The van der Waals surface area contributed by atoms with Crippen LogP contribution in [0.4, 0.5) is 0 Å². The first kappa shape index (κ1) is 24.3. The third kappa shape index (κ3) is 7.67. The molecule has 0 spiro atoms. The summed E-state index contributed by atoms with van der Waals surface area (Å²) in [5.74, 6) is -0.527. The number of nitrogens with two attached hydrogens (primary N) is 1. The summed E-state index contributed by atoms with van der Waals surface area (Å²) in [7, 11) is 0. The van der Waals surface area contributed by atoms with Gasteiger partial charge < -0.3 is 10.5 Å². The molecule has 0 heterocycles. The molecule has 0 aromatic heterocycles. The maximum Gasteiger partial charge on any atom is 0.306 e. The van der Waals surface area contributed by atoms with Gasteiger partial charge in [0.2, 0.25) is 0 Å². The van der Waals surface area contributed by atoms with Crippen LogP contribution in [0.15, 0.2) is 91.0 Å². The third-order valence-corrected chi connectivity index (χ3v) is 5.08. The molecule has 0 amide bonds. The summed E-state index contributed by atoms with van der Waals surface area (Å²) in [5, 5.41) is 0. The highest BCUT2D eigenvalue weighted by Crippen LogP contribution is 2.21. The number of ether oxygens (including phenoxy) is 1. The highest BCUT2D eigenvalue weighted by atomic mass is 35.5. The number of carbonyl (C=O) groups excluding carboxylic acids is 2. The van der Waals surface area contributed by atoms with Crippen molar-refractivity contribution in [3.63, 3.8) is 0 Å². The molecule has 0 aliphatic rings. The van der Waals surface area contributed by atoms with E-state index in [-0.39, 0.29) is 37.6 Å². The van der Waals surface area contributed by atoms with Gasteiger partial charge in [-0.05, 0) is 29.5 Å². The molecule has 4 nitrogen and oxygen atoms in total. The molecular formula is C26H28ClNO3. The monoisotopic (exact) mass is 437 g/mol. The van der Waals surface area contributed by atoms with Gasteiger partial charge in [-0.25, -0.2) is 0 Å². The number of carbonyl (C=O) groups is 2. The van der Waals surface area contributed by atoms with E-state index in [9.17, 15) is 9.59 Å². The lowest BCUT2D eigenvalue weighted by molar-refractivity contribution is -0.146. The van der Waals surface area contributed by atoms with Gasteiger partial charge in [0.25, 0.3) is 0 Å². The first-order valence-corrected chi connectivity index (χ1v) is 10.1. The summed E-state index contributed by atoms with van der Waals surface area (Å²) < 4.78 is 5.30. The van der Waals surface area contributed by atoms with E-state index in [1.165, 1.54) is 0 Å². The molecule has 0 aliphatic heterocycles. The molecule has 0 unspecified atom stereocenters. The largest absolute Gasteiger partial charge is 0.461 e. The smallest absolute Gasteiger partial charge is 0.306 e. The Kier molecular flexibility index (Phi) is 9.44. The van der Waals surface area contributed by atoms with Crippen LogP contribution in [-0.4, -0.2) is 17.3 Å². The molecule has 0 aliphatic carbocycles. The van der Waals surface area contributed by atoms with E-state index in [0.717, 1.165) is 16.7 Å². The Hall–Kier alpha value is -2.95. The van der Waals surface area contributed by atoms with Gasteiger partial charge >= 0.3 is 5.97 Å². The number of benzene rings is 3. The molecule has 0 radical (unpaired) electrons. The maximum absolute atomic E-state index is 13.1. The van der Waals surface area contributed by atoms with Crippen LogP contribution in [0, 0.1) is 0 Å². The van der Waals surface area contributed by atoms with Crippen LogP contribution in [0.1, 0.15) is 29.5 Å². The molecule has 31 heavy (non-hydrogen) atoms. The molecule has 162 valence electrons. The second kappa shape index (κ2) is 12.0. The topological polar surface area (TPSA) is 69.4 Å². The lowest BCUT2D eigenvalue weighted by atomic mass is 9.80. The van der Waals surface area contributed by atoms with E-state index in [1.807, 2.05) is 91.0 Å². The number of rotatable bonds is 10. The molecule has 0 atom stereocenters. The summed E-state index contributed by atoms with van der Waals surface area (Å²) >= 11 is 0. The lowest BCUT2D eigenvalue weighted by Gasteiger charge is -2.28. The molecule has 0 saturated carbocycles. The van der Waals surface area contributed by atoms with Crippen LogP contribution < -0.4 is 5.73 Å². The molecule has 3 rings (SSSR count). The van der Waals surface area contributed by atoms with Crippen molar-refractivity contribution in [1.82, 2.24) is 0 Å². The lowest BCUT2D eigenvalue weighted by Crippen LogP contribution is -2.52. The Morgan fingerprint density at radius 2 is 1.10 bits per heavy atom. The molecule has 0 bridgehead atoms. The predicted octanol–water partition coefficient (Wildman–Crippen LogP) is 4.68. The van der Waals surface area contributed by atoms with Crippen molar-refractivity contribution in [2.45, 2.75) is 37.8 Å². The number of ketones is 1. The number of hydrogen-bond acceptors (Lipinski definition) is 4. The number of Topliss-reactive ketones (excluding diaryl/α,β-unsaturated/α-hetero) is 1. The van der Waals surface area contributed by atoms with Gasteiger partial charge in [-0.1, -0.05) is 91.0 Å². The first-order chi connectivity index (χ1) is 14.5. The Balaban J connectivity index is 0.00000341. The minimum Gasteiger partial charge on any atom is -0.461 e. The van der Waals surface area contributed by atoms with Crippen molar-refractivity contribution in [3.05, 3.63) is 108 Å². The summed E-state index contributed by atoms with van der Waals surface area (Å²) in [6.45, 7) is 0.204. The molecule has 0 saturated heterocycles. The summed E-state index contributed by atoms with van der Waals surface area (Å²) in [5.41, 5.74) is 8.48. The number of hydrogen-bond donors (Lipinski definition) is 1. The second-order valence-corrected chi connectivity index (χ2v) is 7.55. The minimum atomic E-state index is -1.08. The van der Waals surface area contributed by atoms with E-state index >= 15 is 0 Å². The quantitative estimate of drug-likeness (QED) is 0.467. The van der Waals surface area contributed by atoms with Gasteiger partial charge in [0, 0.05) is 6.42 Å². The fourth-order valence-corrected chi connectivity index (χ4v) is 3.45. The van der Waals surface area contributed by atoms with Crippen molar-refractivity contribution in [2.24, 2.45) is 5.73 Å². The summed E-state index contributed by atoms with van der Waals surface area (Å²) in [4.78, 5) is 25.3. The van der Waals surface area contributed by atoms with Gasteiger partial charge in [0.05, 0.1) is 12.0 Å². The highest BCUT2D eigenvalue weighted by molar-refractivity contribution is 5.91. The van der Waals surface area contributed by atoms with Gasteiger partial charge in [-0.3, -0.25) is 9.59 Å². The Labute approximate surface area is 189 Å². The van der Waals surface area contributed by atoms with Crippen LogP contribution in [0.2, 0.25) is 0 Å². The highest BCUT2D eigenvalue weighted by Gasteiger charge is 2.34. The van der Waals surface area contributed by atoms with Crippen molar-refractivity contribution in [2.75, 3.05) is 0 Å². The fraction of sp³-hybridized carbons (Fsp3) is 0.231. The van der Waals surface area contributed by atoms with Crippen molar-refractivity contribution >= 4 is 24.2 Å². The van der Waals surface area contributed by atoms with Crippen LogP contribution in [-0.2, 0) is 33.8 Å². The van der Waals surface area contributed by atoms with E-state index in [4.69, 9.17) is 10.5 Å². The summed E-state index contributed by atoms with van der Waals surface area (Å²) in [6.07, 6.45) is 0.916. The molecule has 5 heteroatoms. The standard InChI is InChI=1S/C26H27NO3.ClH/c27-26(18-21-10-4-1-5-11-21,19-22-12-6-2-7-13-22)24(28)16-17-25(29)30-20-23-14-8-3-9-15-23;/h1-15H,16-20,27H2;1H. The van der Waals surface area contributed by atoms with E-state index < -0.39 is 11.5 Å². The van der Waals surface area contributed by atoms with Crippen LogP contribution in [0.3, 0.4) is 0 Å². The van der Waals surface area contributed by atoms with Crippen molar-refractivity contribution in [3.8, 4) is 0 Å². The van der Waals surface area contributed by atoms with Gasteiger partial charge in [-0.2, -0.15) is 0 Å². The molecular weight excluding hydrogens is 410 g/mol. The Bertz CT molecular complexity index is 905. The van der Waals surface area contributed by atoms with E-state index in [0.29, 0.717) is 12.8 Å². The number of halogens is 1. The average molecular weight is 438 g/mol. The molecule has 3 aromatic rings. The zero-order valence-electron chi connectivity index (χ0n) is 17.4. The zero-order chi connectivity index (χ0) is 21.2. The van der Waals surface area contributed by atoms with Crippen LogP contribution in [0.5, 0.6) is 0 Å². The molecule has 2 N–H and O–H groups in total. The van der Waals surface area contributed by atoms with Gasteiger partial charge in [-0.15, -0.1) is 12.4 Å². The van der Waals surface area contributed by atoms with E-state index in [2.05, 4.69) is 0 Å². The Morgan fingerprint density at radius 3 is 1.55 bits per heavy atom. The Morgan fingerprint density at radius 1 is 0.677 bits per heavy atom. The molecule has 3 aromatic carbocycles. The van der Waals surface area contributed by atoms with Crippen LogP contribution >= 0.6 is 12.4 Å². The minimum absolute atomic E-state index is 0. The molecule has 0 fully saturated rings. The predicted molar refractivity (Wildman–Crippen MR) is 125 cm³/mol. The third-order valence-electron chi connectivity index (χ3n) is 5.08. The van der Waals surface area contributed by atoms with Gasteiger partial charge in [0.15, 0.2) is 5.78 Å². The first-order valence-electron chi connectivity index (χ1n) is 10.1. The SMILES string of the molecule is Cl.NC(Cc1ccccc1)(Cc1ccccc1)C(=O)CCC(=O)OCc1ccccc1.